The number of rotatable bonds is 6. The second-order valence-corrected chi connectivity index (χ2v) is 7.18. The summed E-state index contributed by atoms with van der Waals surface area (Å²) in [6.45, 7) is 6.72. The highest BCUT2D eigenvalue weighted by Crippen LogP contribution is 2.26. The van der Waals surface area contributed by atoms with E-state index in [4.69, 9.17) is 0 Å². The van der Waals surface area contributed by atoms with Crippen LogP contribution in [0, 0.1) is 12.7 Å². The molecule has 0 aliphatic heterocycles. The lowest BCUT2D eigenvalue weighted by Gasteiger charge is -2.20. The molecule has 2 aromatic carbocycles. The number of aryl methyl sites for hydroxylation is 1. The number of benzene rings is 2. The molecule has 2 aromatic rings. The summed E-state index contributed by atoms with van der Waals surface area (Å²) < 4.78 is 41.6. The normalized spacial score (nSPS) is 12.6. The molecule has 0 bridgehead atoms. The maximum Gasteiger partial charge on any atom is 0.241 e. The molecule has 0 radical (unpaired) electrons. The minimum Gasteiger partial charge on any atom is -0.295 e. The van der Waals surface area contributed by atoms with E-state index in [0.717, 1.165) is 5.56 Å². The number of carbonyl (C=O) groups is 1. The quantitative estimate of drug-likeness (QED) is 0.816. The Kier molecular flexibility index (Phi) is 5.31. The lowest BCUT2D eigenvalue weighted by Crippen LogP contribution is -2.32. The van der Waals surface area contributed by atoms with E-state index >= 15 is 0 Å². The number of ketones is 1. The van der Waals surface area contributed by atoms with Crippen molar-refractivity contribution in [1.82, 2.24) is 4.72 Å². The first-order valence-corrected chi connectivity index (χ1v) is 8.74. The third-order valence-corrected chi connectivity index (χ3v) is 5.06. The molecule has 1 N–H and O–H groups in total. The monoisotopic (exact) mass is 347 g/mol. The van der Waals surface area contributed by atoms with Crippen LogP contribution in [0.4, 0.5) is 4.39 Å². The highest BCUT2D eigenvalue weighted by atomic mass is 32.2. The molecule has 4 nitrogen and oxygen atoms in total. The standard InChI is InChI=1S/C18H18FNO3S/c1-12-8-10-15(11-9-12)24(22,23)20-18(13(2)14(3)21)16-6-4-5-7-17(16)19/h4-11,18,20H,2H2,1,3H3. The van der Waals surface area contributed by atoms with Crippen LogP contribution in [-0.4, -0.2) is 14.2 Å². The van der Waals surface area contributed by atoms with E-state index < -0.39 is 27.7 Å². The molecule has 2 rings (SSSR count). The van der Waals surface area contributed by atoms with Gasteiger partial charge in [0.15, 0.2) is 5.78 Å². The average molecular weight is 347 g/mol. The van der Waals surface area contributed by atoms with Crippen LogP contribution in [0.25, 0.3) is 0 Å². The number of halogens is 1. The Balaban J connectivity index is 2.45. The summed E-state index contributed by atoms with van der Waals surface area (Å²) in [6, 6.07) is 10.7. The van der Waals surface area contributed by atoms with Gasteiger partial charge in [-0.25, -0.2) is 12.8 Å². The fraction of sp³-hybridized carbons (Fsp3) is 0.167. The van der Waals surface area contributed by atoms with E-state index in [1.165, 1.54) is 37.3 Å². The number of hydrogen-bond donors (Lipinski definition) is 1. The van der Waals surface area contributed by atoms with Crippen LogP contribution in [-0.2, 0) is 14.8 Å². The number of Topliss-reactive ketones (excluding diaryl/α,β-unsaturated/α-hetero) is 1. The maximum absolute atomic E-state index is 14.1. The van der Waals surface area contributed by atoms with Crippen LogP contribution >= 0.6 is 0 Å². The first-order chi connectivity index (χ1) is 11.2. The maximum atomic E-state index is 14.1. The van der Waals surface area contributed by atoms with E-state index in [1.807, 2.05) is 6.92 Å². The van der Waals surface area contributed by atoms with Crippen molar-refractivity contribution in [1.29, 1.82) is 0 Å². The van der Waals surface area contributed by atoms with Crippen molar-refractivity contribution >= 4 is 15.8 Å². The molecular weight excluding hydrogens is 329 g/mol. The Hall–Kier alpha value is -2.31. The fourth-order valence-electron chi connectivity index (χ4n) is 2.18. The summed E-state index contributed by atoms with van der Waals surface area (Å²) >= 11 is 0. The van der Waals surface area contributed by atoms with E-state index in [9.17, 15) is 17.6 Å². The molecule has 1 atom stereocenters. The Morgan fingerprint density at radius 1 is 1.12 bits per heavy atom. The van der Waals surface area contributed by atoms with Gasteiger partial charge in [0.25, 0.3) is 0 Å². The molecular formula is C18H18FNO3S. The van der Waals surface area contributed by atoms with Gasteiger partial charge in [-0.2, -0.15) is 4.72 Å². The fourth-order valence-corrected chi connectivity index (χ4v) is 3.39. The largest absolute Gasteiger partial charge is 0.295 e. The smallest absolute Gasteiger partial charge is 0.241 e. The zero-order valence-electron chi connectivity index (χ0n) is 13.4. The van der Waals surface area contributed by atoms with Crippen LogP contribution < -0.4 is 4.72 Å². The topological polar surface area (TPSA) is 63.2 Å². The van der Waals surface area contributed by atoms with Crippen molar-refractivity contribution in [3.63, 3.8) is 0 Å². The van der Waals surface area contributed by atoms with Gasteiger partial charge in [-0.1, -0.05) is 42.5 Å². The van der Waals surface area contributed by atoms with Gasteiger partial charge in [0.2, 0.25) is 10.0 Å². The van der Waals surface area contributed by atoms with Gasteiger partial charge in [0.1, 0.15) is 5.82 Å². The first kappa shape index (κ1) is 18.0. The van der Waals surface area contributed by atoms with E-state index in [2.05, 4.69) is 11.3 Å². The highest BCUT2D eigenvalue weighted by molar-refractivity contribution is 7.89. The van der Waals surface area contributed by atoms with Crippen molar-refractivity contribution in [2.45, 2.75) is 24.8 Å². The van der Waals surface area contributed by atoms with Crippen molar-refractivity contribution in [3.8, 4) is 0 Å². The van der Waals surface area contributed by atoms with Crippen molar-refractivity contribution in [3.05, 3.63) is 77.6 Å². The predicted octanol–water partition coefficient (Wildman–Crippen LogP) is 3.30. The third kappa shape index (κ3) is 3.96. The second-order valence-electron chi connectivity index (χ2n) is 5.47. The minimum atomic E-state index is -3.95. The summed E-state index contributed by atoms with van der Waals surface area (Å²) in [4.78, 5) is 11.7. The van der Waals surface area contributed by atoms with Crippen LogP contribution in [0.2, 0.25) is 0 Å². The molecule has 6 heteroatoms. The van der Waals surface area contributed by atoms with Crippen LogP contribution in [0.15, 0.2) is 65.6 Å². The molecule has 0 aliphatic rings. The average Bonchev–Trinajstić information content (AvgIpc) is 2.53. The summed E-state index contributed by atoms with van der Waals surface area (Å²) in [5.41, 5.74) is 0.928. The van der Waals surface area contributed by atoms with Crippen molar-refractivity contribution in [2.75, 3.05) is 0 Å². The molecule has 0 aromatic heterocycles. The number of nitrogens with one attached hydrogen (secondary N) is 1. The molecule has 0 fully saturated rings. The van der Waals surface area contributed by atoms with Gasteiger partial charge < -0.3 is 0 Å². The highest BCUT2D eigenvalue weighted by Gasteiger charge is 2.27. The van der Waals surface area contributed by atoms with E-state index in [1.54, 1.807) is 18.2 Å². The molecule has 24 heavy (non-hydrogen) atoms. The summed E-state index contributed by atoms with van der Waals surface area (Å²) in [5.74, 6) is -1.04. The van der Waals surface area contributed by atoms with Crippen LogP contribution in [0.1, 0.15) is 24.1 Å². The van der Waals surface area contributed by atoms with E-state index in [0.29, 0.717) is 0 Å². The predicted molar refractivity (Wildman–Crippen MR) is 90.5 cm³/mol. The minimum absolute atomic E-state index is 0.0317. The Bertz CT molecular complexity index is 873. The van der Waals surface area contributed by atoms with Gasteiger partial charge in [-0.3, -0.25) is 4.79 Å². The van der Waals surface area contributed by atoms with Gasteiger partial charge in [0, 0.05) is 11.1 Å². The molecule has 126 valence electrons. The molecule has 0 aliphatic carbocycles. The lowest BCUT2D eigenvalue weighted by molar-refractivity contribution is -0.113. The van der Waals surface area contributed by atoms with Crippen LogP contribution in [0.3, 0.4) is 0 Å². The zero-order valence-corrected chi connectivity index (χ0v) is 14.2. The number of hydrogen-bond acceptors (Lipinski definition) is 3. The van der Waals surface area contributed by atoms with Crippen molar-refractivity contribution < 1.29 is 17.6 Å². The summed E-state index contributed by atoms with van der Waals surface area (Å²) in [7, 11) is -3.95. The molecule has 0 amide bonds. The van der Waals surface area contributed by atoms with E-state index in [-0.39, 0.29) is 16.0 Å². The first-order valence-electron chi connectivity index (χ1n) is 7.25. The third-order valence-electron chi connectivity index (χ3n) is 3.62. The van der Waals surface area contributed by atoms with Gasteiger partial charge >= 0.3 is 0 Å². The Morgan fingerprint density at radius 3 is 2.25 bits per heavy atom. The van der Waals surface area contributed by atoms with Gasteiger partial charge in [-0.15, -0.1) is 0 Å². The molecule has 1 unspecified atom stereocenters. The molecule has 0 spiro atoms. The Labute approximate surface area is 141 Å². The number of carbonyl (C=O) groups excluding carboxylic acids is 1. The molecule has 0 heterocycles. The summed E-state index contributed by atoms with van der Waals surface area (Å²) in [5, 5.41) is 0. The Morgan fingerprint density at radius 2 is 1.71 bits per heavy atom. The molecule has 0 saturated carbocycles. The number of sulfonamides is 1. The second kappa shape index (κ2) is 7.07. The zero-order chi connectivity index (χ0) is 17.9. The SMILES string of the molecule is C=C(C(C)=O)C(NS(=O)(=O)c1ccc(C)cc1)c1ccccc1F. The van der Waals surface area contributed by atoms with Gasteiger partial charge in [-0.05, 0) is 32.0 Å². The van der Waals surface area contributed by atoms with Gasteiger partial charge in [0.05, 0.1) is 10.9 Å². The molecule has 0 saturated heterocycles. The lowest BCUT2D eigenvalue weighted by atomic mass is 9.98. The summed E-state index contributed by atoms with van der Waals surface area (Å²) in [6.07, 6.45) is 0. The van der Waals surface area contributed by atoms with Crippen LogP contribution in [0.5, 0.6) is 0 Å². The van der Waals surface area contributed by atoms with Crippen molar-refractivity contribution in [2.24, 2.45) is 0 Å².